The maximum atomic E-state index is 12.2. The summed E-state index contributed by atoms with van der Waals surface area (Å²) in [5.74, 6) is -1.88. The summed E-state index contributed by atoms with van der Waals surface area (Å²) < 4.78 is 36.6. The van der Waals surface area contributed by atoms with E-state index in [4.69, 9.17) is 0 Å². The van der Waals surface area contributed by atoms with Crippen LogP contribution >= 0.6 is 0 Å². The van der Waals surface area contributed by atoms with Crippen LogP contribution in [0.4, 0.5) is 24.5 Å². The van der Waals surface area contributed by atoms with E-state index >= 15 is 0 Å². The summed E-state index contributed by atoms with van der Waals surface area (Å²) in [5, 5.41) is 0. The number of halogens is 3. The number of rotatable bonds is 2. The monoisotopic (exact) mass is 246 g/mol. The van der Waals surface area contributed by atoms with Gasteiger partial charge in [0.15, 0.2) is 0 Å². The second kappa shape index (κ2) is 4.65. The second-order valence-corrected chi connectivity index (χ2v) is 3.77. The Labute approximate surface area is 97.4 Å². The van der Waals surface area contributed by atoms with Gasteiger partial charge in [0, 0.05) is 32.5 Å². The molecule has 17 heavy (non-hydrogen) atoms. The third kappa shape index (κ3) is 3.12. The van der Waals surface area contributed by atoms with Crippen molar-refractivity contribution in [1.82, 2.24) is 0 Å². The Morgan fingerprint density at radius 3 is 1.76 bits per heavy atom. The van der Waals surface area contributed by atoms with E-state index in [1.165, 1.54) is 12.1 Å². The van der Waals surface area contributed by atoms with Gasteiger partial charge in [0.2, 0.25) is 0 Å². The van der Waals surface area contributed by atoms with Crippen LogP contribution < -0.4 is 9.80 Å². The fraction of sp³-hybridized carbons (Fsp3) is 0.364. The zero-order valence-electron chi connectivity index (χ0n) is 9.75. The summed E-state index contributed by atoms with van der Waals surface area (Å²) in [6.45, 7) is 0. The van der Waals surface area contributed by atoms with Crippen molar-refractivity contribution in [3.8, 4) is 0 Å². The molecule has 1 amide bonds. The standard InChI is InChI=1S/C11H13F3N2O/c1-15(2)8-4-6-9(7-5-8)16(3)10(17)11(12,13)14/h4-7H,1-3H3. The molecule has 0 aliphatic rings. The van der Waals surface area contributed by atoms with Crippen LogP contribution in [-0.4, -0.2) is 33.2 Å². The van der Waals surface area contributed by atoms with E-state index in [2.05, 4.69) is 0 Å². The molecule has 0 aliphatic carbocycles. The lowest BCUT2D eigenvalue weighted by Crippen LogP contribution is -2.38. The zero-order chi connectivity index (χ0) is 13.2. The molecule has 1 aromatic carbocycles. The number of carbonyl (C=O) groups excluding carboxylic acids is 1. The van der Waals surface area contributed by atoms with Crippen molar-refractivity contribution in [3.05, 3.63) is 24.3 Å². The number of anilines is 2. The molecule has 0 atom stereocenters. The summed E-state index contributed by atoms with van der Waals surface area (Å²) in [5.41, 5.74) is 1.06. The Kier molecular flexibility index (Phi) is 3.65. The maximum Gasteiger partial charge on any atom is 0.471 e. The third-order valence-corrected chi connectivity index (χ3v) is 2.30. The lowest BCUT2D eigenvalue weighted by molar-refractivity contribution is -0.170. The largest absolute Gasteiger partial charge is 0.471 e. The van der Waals surface area contributed by atoms with Crippen LogP contribution in [0.1, 0.15) is 0 Å². The molecule has 0 saturated heterocycles. The van der Waals surface area contributed by atoms with Gasteiger partial charge in [-0.25, -0.2) is 0 Å². The summed E-state index contributed by atoms with van der Waals surface area (Å²) in [6.07, 6.45) is -4.85. The highest BCUT2D eigenvalue weighted by atomic mass is 19.4. The first-order chi connectivity index (χ1) is 7.73. The molecule has 1 aromatic rings. The topological polar surface area (TPSA) is 23.6 Å². The summed E-state index contributed by atoms with van der Waals surface area (Å²) >= 11 is 0. The van der Waals surface area contributed by atoms with Crippen LogP contribution in [0.25, 0.3) is 0 Å². The van der Waals surface area contributed by atoms with Crippen molar-refractivity contribution < 1.29 is 18.0 Å². The first-order valence-corrected chi connectivity index (χ1v) is 4.85. The number of hydrogen-bond donors (Lipinski definition) is 0. The van der Waals surface area contributed by atoms with E-state index in [0.29, 0.717) is 4.90 Å². The highest BCUT2D eigenvalue weighted by Crippen LogP contribution is 2.24. The second-order valence-electron chi connectivity index (χ2n) is 3.77. The molecule has 0 aliphatic heterocycles. The molecule has 94 valence electrons. The number of carbonyl (C=O) groups is 1. The Morgan fingerprint density at radius 1 is 1.00 bits per heavy atom. The van der Waals surface area contributed by atoms with Gasteiger partial charge in [-0.05, 0) is 24.3 Å². The first kappa shape index (κ1) is 13.3. The highest BCUT2D eigenvalue weighted by molar-refractivity contribution is 5.96. The fourth-order valence-electron chi connectivity index (χ4n) is 1.28. The lowest BCUT2D eigenvalue weighted by Gasteiger charge is -2.20. The average Bonchev–Trinajstić information content (AvgIpc) is 2.26. The average molecular weight is 246 g/mol. The lowest BCUT2D eigenvalue weighted by atomic mass is 10.2. The third-order valence-electron chi connectivity index (χ3n) is 2.30. The number of amides is 1. The smallest absolute Gasteiger partial charge is 0.378 e. The van der Waals surface area contributed by atoms with Crippen molar-refractivity contribution in [1.29, 1.82) is 0 Å². The van der Waals surface area contributed by atoms with Crippen molar-refractivity contribution >= 4 is 17.3 Å². The molecule has 0 radical (unpaired) electrons. The molecule has 0 spiro atoms. The van der Waals surface area contributed by atoms with E-state index in [0.717, 1.165) is 12.7 Å². The number of benzene rings is 1. The molecule has 0 unspecified atom stereocenters. The summed E-state index contributed by atoms with van der Waals surface area (Å²) in [6, 6.07) is 6.24. The SMILES string of the molecule is CN(C)c1ccc(N(C)C(=O)C(F)(F)F)cc1. The van der Waals surface area contributed by atoms with E-state index in [1.54, 1.807) is 12.1 Å². The number of alkyl halides is 3. The Bertz CT molecular complexity index is 398. The molecule has 0 fully saturated rings. The van der Waals surface area contributed by atoms with Gasteiger partial charge in [-0.2, -0.15) is 13.2 Å². The van der Waals surface area contributed by atoms with Gasteiger partial charge in [-0.3, -0.25) is 4.79 Å². The molecule has 3 nitrogen and oxygen atoms in total. The van der Waals surface area contributed by atoms with Gasteiger partial charge in [0.05, 0.1) is 0 Å². The first-order valence-electron chi connectivity index (χ1n) is 4.85. The Balaban J connectivity index is 2.91. The molecular formula is C11H13F3N2O. The Morgan fingerprint density at radius 2 is 1.41 bits per heavy atom. The molecule has 0 heterocycles. The van der Waals surface area contributed by atoms with Crippen molar-refractivity contribution in [2.45, 2.75) is 6.18 Å². The van der Waals surface area contributed by atoms with Crippen LogP contribution in [-0.2, 0) is 4.79 Å². The van der Waals surface area contributed by atoms with E-state index < -0.39 is 12.1 Å². The maximum absolute atomic E-state index is 12.2. The van der Waals surface area contributed by atoms with Crippen LogP contribution in [0.3, 0.4) is 0 Å². The molecule has 1 rings (SSSR count). The zero-order valence-corrected chi connectivity index (χ0v) is 9.75. The minimum atomic E-state index is -4.85. The summed E-state index contributed by atoms with van der Waals surface area (Å²) in [7, 11) is 4.74. The van der Waals surface area contributed by atoms with Gasteiger partial charge in [-0.1, -0.05) is 0 Å². The molecule has 0 bridgehead atoms. The fourth-order valence-corrected chi connectivity index (χ4v) is 1.28. The van der Waals surface area contributed by atoms with Gasteiger partial charge < -0.3 is 9.80 Å². The molecular weight excluding hydrogens is 233 g/mol. The van der Waals surface area contributed by atoms with Crippen molar-refractivity contribution in [2.24, 2.45) is 0 Å². The van der Waals surface area contributed by atoms with E-state index in [-0.39, 0.29) is 5.69 Å². The van der Waals surface area contributed by atoms with Gasteiger partial charge in [0.25, 0.3) is 0 Å². The van der Waals surface area contributed by atoms with Crippen molar-refractivity contribution in [3.63, 3.8) is 0 Å². The number of hydrogen-bond acceptors (Lipinski definition) is 2. The molecule has 0 N–H and O–H groups in total. The quantitative estimate of drug-likeness (QED) is 0.799. The van der Waals surface area contributed by atoms with Gasteiger partial charge in [-0.15, -0.1) is 0 Å². The van der Waals surface area contributed by atoms with Gasteiger partial charge >= 0.3 is 12.1 Å². The van der Waals surface area contributed by atoms with E-state index in [9.17, 15) is 18.0 Å². The van der Waals surface area contributed by atoms with Crippen LogP contribution in [0.2, 0.25) is 0 Å². The summed E-state index contributed by atoms with van der Waals surface area (Å²) in [4.78, 5) is 13.4. The predicted molar refractivity (Wildman–Crippen MR) is 60.2 cm³/mol. The molecule has 6 heteroatoms. The molecule has 0 aromatic heterocycles. The minimum Gasteiger partial charge on any atom is -0.378 e. The van der Waals surface area contributed by atoms with Crippen LogP contribution in [0.5, 0.6) is 0 Å². The van der Waals surface area contributed by atoms with Crippen LogP contribution in [0, 0.1) is 0 Å². The van der Waals surface area contributed by atoms with Crippen LogP contribution in [0.15, 0.2) is 24.3 Å². The van der Waals surface area contributed by atoms with Gasteiger partial charge in [0.1, 0.15) is 0 Å². The minimum absolute atomic E-state index is 0.206. The van der Waals surface area contributed by atoms with E-state index in [1.807, 2.05) is 19.0 Å². The van der Waals surface area contributed by atoms with Crippen molar-refractivity contribution in [2.75, 3.05) is 30.9 Å². The normalized spacial score (nSPS) is 11.2. The highest BCUT2D eigenvalue weighted by Gasteiger charge is 2.41. The number of nitrogens with zero attached hydrogens (tertiary/aromatic N) is 2. The molecule has 0 saturated carbocycles. The predicted octanol–water partition coefficient (Wildman–Crippen LogP) is 2.28. The Hall–Kier alpha value is -1.72.